The Morgan fingerprint density at radius 1 is 0.976 bits per heavy atom. The monoisotopic (exact) mass is 546 g/mol. The number of hydrogen-bond donors (Lipinski definition) is 3. The number of H-pyrrole nitrogens is 1. The third kappa shape index (κ3) is 4.50. The molecule has 4 N–H and O–H groups in total. The van der Waals surface area contributed by atoms with Crippen molar-refractivity contribution >= 4 is 50.3 Å². The summed E-state index contributed by atoms with van der Waals surface area (Å²) in [5, 5.41) is 11.2. The predicted molar refractivity (Wildman–Crippen MR) is 166 cm³/mol. The topological polar surface area (TPSA) is 117 Å². The lowest BCUT2D eigenvalue weighted by atomic mass is 10.1. The molecule has 0 amide bonds. The molecule has 4 aromatic heterocycles. The molecule has 1 aliphatic heterocycles. The fourth-order valence-corrected chi connectivity index (χ4v) is 5.91. The van der Waals surface area contributed by atoms with Gasteiger partial charge in [0.2, 0.25) is 0 Å². The molecular weight excluding hydrogens is 512 g/mol. The van der Waals surface area contributed by atoms with Crippen LogP contribution in [0, 0.1) is 0 Å². The molecule has 0 saturated carbocycles. The van der Waals surface area contributed by atoms with Gasteiger partial charge in [-0.3, -0.25) is 4.90 Å². The van der Waals surface area contributed by atoms with Crippen molar-refractivity contribution in [1.82, 2.24) is 34.6 Å². The van der Waals surface area contributed by atoms with E-state index in [1.165, 1.54) is 6.33 Å². The lowest BCUT2D eigenvalue weighted by Gasteiger charge is -2.38. The Bertz CT molecular complexity index is 1880. The second kappa shape index (κ2) is 10.0. The van der Waals surface area contributed by atoms with Gasteiger partial charge >= 0.3 is 0 Å². The van der Waals surface area contributed by atoms with Crippen LogP contribution >= 0.6 is 0 Å². The van der Waals surface area contributed by atoms with Crippen molar-refractivity contribution in [2.45, 2.75) is 26.4 Å². The molecule has 1 saturated heterocycles. The van der Waals surface area contributed by atoms with Crippen LogP contribution in [-0.2, 0) is 6.54 Å². The molecule has 0 atom stereocenters. The van der Waals surface area contributed by atoms with E-state index in [0.717, 1.165) is 81.8 Å². The largest absolute Gasteiger partial charge is 0.383 e. The molecule has 7 rings (SSSR count). The zero-order valence-corrected chi connectivity index (χ0v) is 23.6. The van der Waals surface area contributed by atoms with Crippen LogP contribution in [0.25, 0.3) is 44.1 Å². The average molecular weight is 547 g/mol. The predicted octanol–water partition coefficient (Wildman–Crippen LogP) is 4.73. The number of rotatable bonds is 6. The van der Waals surface area contributed by atoms with E-state index >= 15 is 0 Å². The smallest absolute Gasteiger partial charge is 0.164 e. The Morgan fingerprint density at radius 3 is 2.61 bits per heavy atom. The van der Waals surface area contributed by atoms with Gasteiger partial charge in [0.1, 0.15) is 29.5 Å². The Kier molecular flexibility index (Phi) is 6.19. The summed E-state index contributed by atoms with van der Waals surface area (Å²) >= 11 is 0. The summed E-state index contributed by atoms with van der Waals surface area (Å²) in [5.41, 5.74) is 12.1. The van der Waals surface area contributed by atoms with E-state index in [9.17, 15) is 0 Å². The van der Waals surface area contributed by atoms with Crippen LogP contribution in [0.5, 0.6) is 0 Å². The fourth-order valence-electron chi connectivity index (χ4n) is 5.91. The Hall–Kier alpha value is -4.70. The first-order valence-corrected chi connectivity index (χ1v) is 14.1. The van der Waals surface area contributed by atoms with Crippen LogP contribution in [-0.4, -0.2) is 73.9 Å². The highest BCUT2D eigenvalue weighted by Crippen LogP contribution is 2.34. The number of aromatic nitrogens is 6. The lowest BCUT2D eigenvalue weighted by molar-refractivity contribution is 0.209. The molecule has 5 heterocycles. The SMILES string of the molecule is CNc1cc2cc(-c3nn(Cc4cc5ccccc5nc4N4CCN(C(C)C)CC4)c4ncnc(N)c34)ccc2[nH]1. The summed E-state index contributed by atoms with van der Waals surface area (Å²) in [4.78, 5) is 22.4. The number of nitrogen functional groups attached to an aromatic ring is 1. The highest BCUT2D eigenvalue weighted by Gasteiger charge is 2.24. The molecule has 10 heteroatoms. The van der Waals surface area contributed by atoms with E-state index in [-0.39, 0.29) is 0 Å². The van der Waals surface area contributed by atoms with E-state index < -0.39 is 0 Å². The zero-order chi connectivity index (χ0) is 28.1. The van der Waals surface area contributed by atoms with Gasteiger partial charge < -0.3 is 20.9 Å². The number of nitrogens with two attached hydrogens (primary N) is 1. The third-order valence-electron chi connectivity index (χ3n) is 8.17. The number of anilines is 3. The summed E-state index contributed by atoms with van der Waals surface area (Å²) in [7, 11) is 1.90. The lowest BCUT2D eigenvalue weighted by Crippen LogP contribution is -2.49. The van der Waals surface area contributed by atoms with Gasteiger partial charge in [0, 0.05) is 66.7 Å². The molecule has 1 aliphatic rings. The Balaban J connectivity index is 1.33. The van der Waals surface area contributed by atoms with Crippen LogP contribution in [0.4, 0.5) is 17.5 Å². The van der Waals surface area contributed by atoms with E-state index in [1.54, 1.807) is 0 Å². The average Bonchev–Trinajstić information content (AvgIpc) is 3.58. The first-order chi connectivity index (χ1) is 20.0. The van der Waals surface area contributed by atoms with Crippen molar-refractivity contribution in [3.05, 3.63) is 66.5 Å². The summed E-state index contributed by atoms with van der Waals surface area (Å²) in [6, 6.07) is 19.4. The van der Waals surface area contributed by atoms with Gasteiger partial charge in [0.05, 0.1) is 17.4 Å². The van der Waals surface area contributed by atoms with Crippen molar-refractivity contribution in [1.29, 1.82) is 0 Å². The molecule has 0 bridgehead atoms. The minimum atomic E-state index is 0.419. The Morgan fingerprint density at radius 2 is 1.80 bits per heavy atom. The van der Waals surface area contributed by atoms with E-state index in [2.05, 4.69) is 92.4 Å². The van der Waals surface area contributed by atoms with E-state index in [0.29, 0.717) is 24.1 Å². The maximum absolute atomic E-state index is 6.45. The van der Waals surface area contributed by atoms with Gasteiger partial charge in [-0.25, -0.2) is 19.6 Å². The van der Waals surface area contributed by atoms with Crippen molar-refractivity contribution in [3.63, 3.8) is 0 Å². The standard InChI is InChI=1S/C31H34N10/c1-19(2)39-10-12-40(13-11-39)30-23(14-20-6-4-5-7-24(20)37-30)17-41-31-27(29(32)34-18-35-31)28(38-41)21-8-9-25-22(15-21)16-26(33-3)36-25/h4-9,14-16,18-19,33,36H,10-13,17H2,1-3H3,(H2,32,34,35). The maximum Gasteiger partial charge on any atom is 0.164 e. The molecule has 208 valence electrons. The third-order valence-corrected chi connectivity index (χ3v) is 8.17. The van der Waals surface area contributed by atoms with Crippen LogP contribution in [0.15, 0.2) is 60.9 Å². The molecule has 6 aromatic rings. The number of nitrogens with zero attached hydrogens (tertiary/aromatic N) is 7. The molecule has 0 unspecified atom stereocenters. The highest BCUT2D eigenvalue weighted by molar-refractivity contribution is 6.00. The zero-order valence-electron chi connectivity index (χ0n) is 23.6. The van der Waals surface area contributed by atoms with E-state index in [4.69, 9.17) is 15.8 Å². The van der Waals surface area contributed by atoms with Crippen LogP contribution in [0.3, 0.4) is 0 Å². The number of pyridine rings is 1. The first-order valence-electron chi connectivity index (χ1n) is 14.1. The number of nitrogens with one attached hydrogen (secondary N) is 2. The van der Waals surface area contributed by atoms with Gasteiger partial charge in [-0.15, -0.1) is 0 Å². The highest BCUT2D eigenvalue weighted by atomic mass is 15.3. The van der Waals surface area contributed by atoms with Gasteiger partial charge in [-0.05, 0) is 44.2 Å². The van der Waals surface area contributed by atoms with Crippen molar-refractivity contribution in [3.8, 4) is 11.3 Å². The molecule has 2 aromatic carbocycles. The van der Waals surface area contributed by atoms with Crippen LogP contribution in [0.1, 0.15) is 19.4 Å². The second-order valence-electron chi connectivity index (χ2n) is 11.0. The molecule has 41 heavy (non-hydrogen) atoms. The number of fused-ring (bicyclic) bond motifs is 3. The number of benzene rings is 2. The molecule has 1 fully saturated rings. The number of aromatic amines is 1. The Labute approximate surface area is 238 Å². The van der Waals surface area contributed by atoms with Gasteiger partial charge in [-0.1, -0.05) is 24.3 Å². The molecule has 0 radical (unpaired) electrons. The quantitative estimate of drug-likeness (QED) is 0.275. The summed E-state index contributed by atoms with van der Waals surface area (Å²) in [5.74, 6) is 2.39. The molecule has 0 spiro atoms. The number of hydrogen-bond acceptors (Lipinski definition) is 8. The summed E-state index contributed by atoms with van der Waals surface area (Å²) in [6.45, 7) is 8.93. The second-order valence-corrected chi connectivity index (χ2v) is 11.0. The van der Waals surface area contributed by atoms with Gasteiger partial charge in [0.15, 0.2) is 5.65 Å². The van der Waals surface area contributed by atoms with Crippen LogP contribution in [0.2, 0.25) is 0 Å². The minimum Gasteiger partial charge on any atom is -0.383 e. The molecule has 10 nitrogen and oxygen atoms in total. The number of para-hydroxylation sites is 1. The van der Waals surface area contributed by atoms with Gasteiger partial charge in [-0.2, -0.15) is 5.10 Å². The fraction of sp³-hybridized carbons (Fsp3) is 0.290. The first kappa shape index (κ1) is 25.3. The minimum absolute atomic E-state index is 0.419. The van der Waals surface area contributed by atoms with Crippen molar-refractivity contribution in [2.75, 3.05) is 49.2 Å². The summed E-state index contributed by atoms with van der Waals surface area (Å²) < 4.78 is 1.95. The normalized spacial score (nSPS) is 14.6. The van der Waals surface area contributed by atoms with Crippen molar-refractivity contribution < 1.29 is 0 Å². The molecular formula is C31H34N10. The van der Waals surface area contributed by atoms with Crippen LogP contribution < -0.4 is 16.0 Å². The van der Waals surface area contributed by atoms with Gasteiger partial charge in [0.25, 0.3) is 0 Å². The van der Waals surface area contributed by atoms with Crippen molar-refractivity contribution in [2.24, 2.45) is 0 Å². The molecule has 0 aliphatic carbocycles. The number of piperazine rings is 1. The maximum atomic E-state index is 6.45. The summed E-state index contributed by atoms with van der Waals surface area (Å²) in [6.07, 6.45) is 1.51. The van der Waals surface area contributed by atoms with E-state index in [1.807, 2.05) is 17.8 Å².